The number of amides is 1. The Labute approximate surface area is 110 Å². The molecule has 0 bridgehead atoms. The number of nitrogens with two attached hydrogens (primary N) is 1. The third-order valence-corrected chi connectivity index (χ3v) is 2.72. The number of furan rings is 1. The lowest BCUT2D eigenvalue weighted by molar-refractivity contribution is 0.0939. The Morgan fingerprint density at radius 3 is 2.89 bits per heavy atom. The van der Waals surface area contributed by atoms with Gasteiger partial charge in [-0.15, -0.1) is 0 Å². The highest BCUT2D eigenvalue weighted by atomic mass is 19.1. The number of halogens is 1. The first-order valence-corrected chi connectivity index (χ1v) is 5.94. The van der Waals surface area contributed by atoms with Gasteiger partial charge in [0.2, 0.25) is 0 Å². The Balaban J connectivity index is 1.98. The maximum absolute atomic E-state index is 13.0. The van der Waals surface area contributed by atoms with Crippen LogP contribution in [0.25, 0.3) is 0 Å². The normalized spacial score (nSPS) is 12.1. The SMILES string of the molecule is CC(Cc1ccco1)NC(=O)c1ccc(F)c(N)c1. The van der Waals surface area contributed by atoms with Gasteiger partial charge in [0.1, 0.15) is 11.6 Å². The van der Waals surface area contributed by atoms with Crippen molar-refractivity contribution in [1.82, 2.24) is 5.32 Å². The molecule has 4 nitrogen and oxygen atoms in total. The van der Waals surface area contributed by atoms with E-state index in [1.165, 1.54) is 18.2 Å². The summed E-state index contributed by atoms with van der Waals surface area (Å²) in [5, 5.41) is 2.80. The molecule has 1 heterocycles. The average molecular weight is 262 g/mol. The standard InChI is InChI=1S/C14H15FN2O2/c1-9(7-11-3-2-6-19-11)17-14(18)10-4-5-12(15)13(16)8-10/h2-6,8-9H,7,16H2,1H3,(H,17,18). The molecule has 0 saturated carbocycles. The molecule has 0 aliphatic carbocycles. The maximum Gasteiger partial charge on any atom is 0.251 e. The first-order valence-electron chi connectivity index (χ1n) is 5.94. The van der Waals surface area contributed by atoms with E-state index in [0.717, 1.165) is 5.76 Å². The molecule has 0 spiro atoms. The van der Waals surface area contributed by atoms with E-state index in [1.54, 1.807) is 12.3 Å². The number of nitrogens with one attached hydrogen (secondary N) is 1. The van der Waals surface area contributed by atoms with Gasteiger partial charge in [-0.3, -0.25) is 4.79 Å². The molecule has 0 radical (unpaired) electrons. The zero-order valence-electron chi connectivity index (χ0n) is 10.5. The molecule has 2 rings (SSSR count). The van der Waals surface area contributed by atoms with E-state index in [0.29, 0.717) is 12.0 Å². The smallest absolute Gasteiger partial charge is 0.251 e. The van der Waals surface area contributed by atoms with Gasteiger partial charge in [-0.25, -0.2) is 4.39 Å². The summed E-state index contributed by atoms with van der Waals surface area (Å²) in [7, 11) is 0. The molecule has 1 amide bonds. The van der Waals surface area contributed by atoms with Crippen molar-refractivity contribution in [2.75, 3.05) is 5.73 Å². The van der Waals surface area contributed by atoms with Crippen molar-refractivity contribution in [3.63, 3.8) is 0 Å². The van der Waals surface area contributed by atoms with Gasteiger partial charge >= 0.3 is 0 Å². The lowest BCUT2D eigenvalue weighted by Gasteiger charge is -2.12. The summed E-state index contributed by atoms with van der Waals surface area (Å²) in [4.78, 5) is 11.9. The van der Waals surface area contributed by atoms with Crippen LogP contribution in [0.15, 0.2) is 41.0 Å². The molecule has 0 aliphatic heterocycles. The van der Waals surface area contributed by atoms with Crippen LogP contribution in [0, 0.1) is 5.82 Å². The van der Waals surface area contributed by atoms with E-state index >= 15 is 0 Å². The van der Waals surface area contributed by atoms with E-state index in [4.69, 9.17) is 10.2 Å². The molecule has 0 aliphatic rings. The quantitative estimate of drug-likeness (QED) is 0.831. The Hall–Kier alpha value is -2.30. The van der Waals surface area contributed by atoms with E-state index in [-0.39, 0.29) is 17.6 Å². The van der Waals surface area contributed by atoms with Gasteiger partial charge in [0.15, 0.2) is 0 Å². The molecule has 1 aromatic heterocycles. The predicted molar refractivity (Wildman–Crippen MR) is 70.2 cm³/mol. The third-order valence-electron chi connectivity index (χ3n) is 2.72. The number of carbonyl (C=O) groups is 1. The van der Waals surface area contributed by atoms with Crippen LogP contribution >= 0.6 is 0 Å². The van der Waals surface area contributed by atoms with E-state index in [1.807, 2.05) is 13.0 Å². The van der Waals surface area contributed by atoms with Gasteiger partial charge in [0.25, 0.3) is 5.91 Å². The number of hydrogen-bond donors (Lipinski definition) is 2. The van der Waals surface area contributed by atoms with Gasteiger partial charge in [-0.2, -0.15) is 0 Å². The van der Waals surface area contributed by atoms with Crippen LogP contribution in [0.3, 0.4) is 0 Å². The van der Waals surface area contributed by atoms with Crippen LogP contribution in [-0.2, 0) is 6.42 Å². The second-order valence-electron chi connectivity index (χ2n) is 4.39. The first-order chi connectivity index (χ1) is 9.06. The van der Waals surface area contributed by atoms with Gasteiger partial charge in [-0.1, -0.05) is 0 Å². The number of anilines is 1. The Morgan fingerprint density at radius 1 is 1.47 bits per heavy atom. The molecule has 1 aromatic carbocycles. The topological polar surface area (TPSA) is 68.3 Å². The zero-order valence-corrected chi connectivity index (χ0v) is 10.5. The van der Waals surface area contributed by atoms with E-state index < -0.39 is 5.82 Å². The van der Waals surface area contributed by atoms with Gasteiger partial charge in [-0.05, 0) is 37.3 Å². The summed E-state index contributed by atoms with van der Waals surface area (Å²) in [5.74, 6) is -0.0163. The van der Waals surface area contributed by atoms with Crippen LogP contribution in [0.2, 0.25) is 0 Å². The van der Waals surface area contributed by atoms with Crippen LogP contribution < -0.4 is 11.1 Å². The van der Waals surface area contributed by atoms with Gasteiger partial charge in [0, 0.05) is 18.0 Å². The van der Waals surface area contributed by atoms with Crippen LogP contribution in [0.4, 0.5) is 10.1 Å². The Bertz CT molecular complexity index is 567. The monoisotopic (exact) mass is 262 g/mol. The summed E-state index contributed by atoms with van der Waals surface area (Å²) < 4.78 is 18.2. The fourth-order valence-electron chi connectivity index (χ4n) is 1.77. The van der Waals surface area contributed by atoms with Crippen molar-refractivity contribution in [2.45, 2.75) is 19.4 Å². The number of hydrogen-bond acceptors (Lipinski definition) is 3. The molecule has 0 fully saturated rings. The molecule has 0 saturated heterocycles. The minimum Gasteiger partial charge on any atom is -0.469 e. The lowest BCUT2D eigenvalue weighted by Crippen LogP contribution is -2.34. The van der Waals surface area contributed by atoms with Crippen molar-refractivity contribution in [2.24, 2.45) is 0 Å². The molecule has 100 valence electrons. The largest absolute Gasteiger partial charge is 0.469 e. The molecule has 3 N–H and O–H groups in total. The minimum absolute atomic E-state index is 0.0358. The summed E-state index contributed by atoms with van der Waals surface area (Å²) in [5.41, 5.74) is 5.73. The van der Waals surface area contributed by atoms with Crippen molar-refractivity contribution < 1.29 is 13.6 Å². The maximum atomic E-state index is 13.0. The fourth-order valence-corrected chi connectivity index (χ4v) is 1.77. The summed E-state index contributed by atoms with van der Waals surface area (Å²) in [6.07, 6.45) is 2.18. The second-order valence-corrected chi connectivity index (χ2v) is 4.39. The Kier molecular flexibility index (Phi) is 3.85. The highest BCUT2D eigenvalue weighted by Gasteiger charge is 2.12. The molecule has 1 unspecified atom stereocenters. The molecular weight excluding hydrogens is 247 g/mol. The summed E-state index contributed by atoms with van der Waals surface area (Å²) in [6.45, 7) is 1.87. The number of carbonyl (C=O) groups excluding carboxylic acids is 1. The fraction of sp³-hybridized carbons (Fsp3) is 0.214. The van der Waals surface area contributed by atoms with E-state index in [2.05, 4.69) is 5.32 Å². The predicted octanol–water partition coefficient (Wildman–Crippen LogP) is 2.36. The number of rotatable bonds is 4. The van der Waals surface area contributed by atoms with Crippen molar-refractivity contribution in [3.05, 3.63) is 53.7 Å². The molecule has 2 aromatic rings. The van der Waals surface area contributed by atoms with Crippen molar-refractivity contribution in [1.29, 1.82) is 0 Å². The average Bonchev–Trinajstić information content (AvgIpc) is 2.85. The van der Waals surface area contributed by atoms with Crippen LogP contribution in [0.5, 0.6) is 0 Å². The molecular formula is C14H15FN2O2. The lowest BCUT2D eigenvalue weighted by atomic mass is 10.1. The third kappa shape index (κ3) is 3.34. The van der Waals surface area contributed by atoms with E-state index in [9.17, 15) is 9.18 Å². The highest BCUT2D eigenvalue weighted by Crippen LogP contribution is 2.12. The number of nitrogen functional groups attached to an aromatic ring is 1. The second kappa shape index (κ2) is 5.56. The highest BCUT2D eigenvalue weighted by molar-refractivity contribution is 5.95. The van der Waals surface area contributed by atoms with Gasteiger partial charge in [0.05, 0.1) is 12.0 Å². The molecule has 1 atom stereocenters. The van der Waals surface area contributed by atoms with Gasteiger partial charge < -0.3 is 15.5 Å². The molecule has 5 heteroatoms. The Morgan fingerprint density at radius 2 is 2.26 bits per heavy atom. The zero-order chi connectivity index (χ0) is 13.8. The molecule has 19 heavy (non-hydrogen) atoms. The summed E-state index contributed by atoms with van der Waals surface area (Å²) >= 11 is 0. The van der Waals surface area contributed by atoms with Crippen LogP contribution in [-0.4, -0.2) is 11.9 Å². The van der Waals surface area contributed by atoms with Crippen LogP contribution in [0.1, 0.15) is 23.0 Å². The van der Waals surface area contributed by atoms with Crippen molar-refractivity contribution in [3.8, 4) is 0 Å². The summed E-state index contributed by atoms with van der Waals surface area (Å²) in [6, 6.07) is 7.46. The minimum atomic E-state index is -0.528. The van der Waals surface area contributed by atoms with Crippen molar-refractivity contribution >= 4 is 11.6 Å². The number of benzene rings is 1. The first kappa shape index (κ1) is 13.1.